The molecule has 5 nitrogen and oxygen atoms in total. The monoisotopic (exact) mass is 391 g/mol. The lowest BCUT2D eigenvalue weighted by Gasteiger charge is -2.07. The van der Waals surface area contributed by atoms with Crippen LogP contribution in [-0.2, 0) is 0 Å². The van der Waals surface area contributed by atoms with E-state index in [2.05, 4.69) is 17.0 Å². The van der Waals surface area contributed by atoms with Gasteiger partial charge in [-0.25, -0.2) is 4.98 Å². The Morgan fingerprint density at radius 3 is 2.52 bits per heavy atom. The Kier molecular flexibility index (Phi) is 7.56. The summed E-state index contributed by atoms with van der Waals surface area (Å²) in [6, 6.07) is 15.1. The average molecular weight is 392 g/mol. The Morgan fingerprint density at radius 1 is 1.00 bits per heavy atom. The van der Waals surface area contributed by atoms with Crippen molar-refractivity contribution in [2.45, 2.75) is 52.4 Å². The van der Waals surface area contributed by atoms with Crippen molar-refractivity contribution >= 4 is 17.1 Å². The van der Waals surface area contributed by atoms with Gasteiger partial charge in [0.25, 0.3) is 5.56 Å². The van der Waals surface area contributed by atoms with E-state index < -0.39 is 0 Å². The van der Waals surface area contributed by atoms with Gasteiger partial charge in [-0.15, -0.1) is 0 Å². The summed E-state index contributed by atoms with van der Waals surface area (Å²) in [6.07, 6.45) is 9.18. The molecule has 0 aliphatic heterocycles. The van der Waals surface area contributed by atoms with E-state index in [4.69, 9.17) is 4.74 Å². The zero-order valence-electron chi connectivity index (χ0n) is 17.3. The molecule has 0 spiro atoms. The van der Waals surface area contributed by atoms with Crippen LogP contribution in [0.1, 0.15) is 56.8 Å². The van der Waals surface area contributed by atoms with Crippen LogP contribution in [0.3, 0.4) is 0 Å². The number of hydrogen-bond acceptors (Lipinski definition) is 4. The first-order valence-corrected chi connectivity index (χ1v) is 10.4. The number of para-hydroxylation sites is 1. The van der Waals surface area contributed by atoms with Gasteiger partial charge < -0.3 is 4.74 Å². The topological polar surface area (TPSA) is 56.5 Å². The maximum atomic E-state index is 12.6. The third-order valence-electron chi connectivity index (χ3n) is 4.88. The molecule has 0 atom stereocenters. The molecule has 0 unspecified atom stereocenters. The smallest absolute Gasteiger partial charge is 0.282 e. The number of benzene rings is 2. The molecule has 0 aliphatic carbocycles. The minimum Gasteiger partial charge on any atom is -0.494 e. The van der Waals surface area contributed by atoms with Gasteiger partial charge in [-0.2, -0.15) is 9.78 Å². The summed E-state index contributed by atoms with van der Waals surface area (Å²) in [4.78, 5) is 17.1. The fraction of sp³-hybridized carbons (Fsp3) is 0.375. The quantitative estimate of drug-likeness (QED) is 0.347. The molecule has 0 aliphatic rings. The van der Waals surface area contributed by atoms with Crippen molar-refractivity contribution in [3.8, 4) is 5.75 Å². The van der Waals surface area contributed by atoms with Crippen LogP contribution < -0.4 is 10.3 Å². The predicted molar refractivity (Wildman–Crippen MR) is 119 cm³/mol. The number of aromatic nitrogens is 2. The largest absolute Gasteiger partial charge is 0.494 e. The van der Waals surface area contributed by atoms with E-state index in [1.165, 1.54) is 36.8 Å². The van der Waals surface area contributed by atoms with E-state index in [9.17, 15) is 4.79 Å². The van der Waals surface area contributed by atoms with Crippen LogP contribution in [0.2, 0.25) is 0 Å². The van der Waals surface area contributed by atoms with Crippen molar-refractivity contribution in [2.75, 3.05) is 6.61 Å². The molecule has 0 amide bonds. The summed E-state index contributed by atoms with van der Waals surface area (Å²) >= 11 is 0. The Balaban J connectivity index is 1.58. The molecule has 3 rings (SSSR count). The molecule has 0 radical (unpaired) electrons. The van der Waals surface area contributed by atoms with Crippen molar-refractivity contribution in [3.05, 3.63) is 70.3 Å². The van der Waals surface area contributed by atoms with Crippen LogP contribution in [0.15, 0.2) is 58.4 Å². The normalized spacial score (nSPS) is 11.4. The van der Waals surface area contributed by atoms with Gasteiger partial charge in [0.2, 0.25) is 0 Å². The molecular formula is C24H29N3O2. The lowest BCUT2D eigenvalue weighted by Crippen LogP contribution is -2.20. The van der Waals surface area contributed by atoms with Crippen molar-refractivity contribution in [3.63, 3.8) is 0 Å². The third-order valence-corrected chi connectivity index (χ3v) is 4.88. The van der Waals surface area contributed by atoms with Crippen molar-refractivity contribution in [2.24, 2.45) is 5.10 Å². The van der Waals surface area contributed by atoms with E-state index >= 15 is 0 Å². The summed E-state index contributed by atoms with van der Waals surface area (Å²) in [5, 5.41) is 4.91. The van der Waals surface area contributed by atoms with Crippen LogP contribution in [0.5, 0.6) is 5.75 Å². The van der Waals surface area contributed by atoms with Gasteiger partial charge >= 0.3 is 0 Å². The number of nitrogens with zero attached hydrogens (tertiary/aromatic N) is 3. The molecule has 0 saturated carbocycles. The molecule has 3 aromatic rings. The summed E-state index contributed by atoms with van der Waals surface area (Å²) in [6.45, 7) is 4.76. The lowest BCUT2D eigenvalue weighted by atomic mass is 10.1. The van der Waals surface area contributed by atoms with Gasteiger partial charge in [0, 0.05) is 0 Å². The van der Waals surface area contributed by atoms with E-state index in [-0.39, 0.29) is 5.56 Å². The van der Waals surface area contributed by atoms with E-state index in [0.29, 0.717) is 16.7 Å². The van der Waals surface area contributed by atoms with Crippen molar-refractivity contribution in [1.29, 1.82) is 0 Å². The SMILES string of the molecule is CCCCCCCCOc1ccc(/C=N\n2c(C)nc3ccccc3c2=O)cc1. The van der Waals surface area contributed by atoms with Crippen LogP contribution in [0.25, 0.3) is 10.9 Å². The van der Waals surface area contributed by atoms with Gasteiger partial charge in [0.1, 0.15) is 11.6 Å². The maximum Gasteiger partial charge on any atom is 0.282 e. The molecule has 152 valence electrons. The first-order chi connectivity index (χ1) is 14.2. The van der Waals surface area contributed by atoms with E-state index in [0.717, 1.165) is 24.3 Å². The summed E-state index contributed by atoms with van der Waals surface area (Å²) < 4.78 is 7.15. The number of unbranched alkanes of at least 4 members (excludes halogenated alkanes) is 5. The number of aryl methyl sites for hydroxylation is 1. The van der Waals surface area contributed by atoms with Crippen LogP contribution in [0.4, 0.5) is 0 Å². The van der Waals surface area contributed by atoms with Gasteiger partial charge in [-0.05, 0) is 55.3 Å². The number of hydrogen-bond donors (Lipinski definition) is 0. The fourth-order valence-electron chi connectivity index (χ4n) is 3.22. The molecule has 0 N–H and O–H groups in total. The molecule has 0 bridgehead atoms. The van der Waals surface area contributed by atoms with E-state index in [1.807, 2.05) is 42.5 Å². The second kappa shape index (κ2) is 10.6. The molecular weight excluding hydrogens is 362 g/mol. The Hall–Kier alpha value is -2.95. The maximum absolute atomic E-state index is 12.6. The number of fused-ring (bicyclic) bond motifs is 1. The highest BCUT2D eigenvalue weighted by atomic mass is 16.5. The molecule has 1 heterocycles. The van der Waals surface area contributed by atoms with Crippen LogP contribution in [-0.4, -0.2) is 22.5 Å². The van der Waals surface area contributed by atoms with Gasteiger partial charge in [-0.1, -0.05) is 51.2 Å². The molecule has 1 aromatic heterocycles. The minimum atomic E-state index is -0.164. The molecule has 0 fully saturated rings. The van der Waals surface area contributed by atoms with Crippen LogP contribution >= 0.6 is 0 Å². The minimum absolute atomic E-state index is 0.164. The fourth-order valence-corrected chi connectivity index (χ4v) is 3.22. The predicted octanol–water partition coefficient (Wildman–Crippen LogP) is 5.33. The lowest BCUT2D eigenvalue weighted by molar-refractivity contribution is 0.304. The number of ether oxygens (including phenoxy) is 1. The summed E-state index contributed by atoms with van der Waals surface area (Å²) in [5.74, 6) is 1.42. The molecule has 5 heteroatoms. The first-order valence-electron chi connectivity index (χ1n) is 10.4. The standard InChI is InChI=1S/C24H29N3O2/c1-3-4-5-6-7-10-17-29-21-15-13-20(14-16-21)18-25-27-19(2)26-23-12-9-8-11-22(23)24(27)28/h8-9,11-16,18H,3-7,10,17H2,1-2H3/b25-18-. The summed E-state index contributed by atoms with van der Waals surface area (Å²) in [5.41, 5.74) is 1.42. The third kappa shape index (κ3) is 5.76. The highest BCUT2D eigenvalue weighted by molar-refractivity contribution is 5.80. The average Bonchev–Trinajstić information content (AvgIpc) is 2.74. The first kappa shape index (κ1) is 20.8. The molecule has 0 saturated heterocycles. The van der Waals surface area contributed by atoms with Gasteiger partial charge in [0.05, 0.1) is 23.7 Å². The highest BCUT2D eigenvalue weighted by Gasteiger charge is 2.06. The highest BCUT2D eigenvalue weighted by Crippen LogP contribution is 2.13. The van der Waals surface area contributed by atoms with Crippen molar-refractivity contribution in [1.82, 2.24) is 9.66 Å². The Bertz CT molecular complexity index is 1010. The van der Waals surface area contributed by atoms with Crippen LogP contribution in [0, 0.1) is 6.92 Å². The molecule has 2 aromatic carbocycles. The van der Waals surface area contributed by atoms with Gasteiger partial charge in [0.15, 0.2) is 0 Å². The summed E-state index contributed by atoms with van der Waals surface area (Å²) in [7, 11) is 0. The second-order valence-corrected chi connectivity index (χ2v) is 7.22. The number of rotatable bonds is 10. The Labute approximate surface area is 172 Å². The zero-order chi connectivity index (χ0) is 20.5. The van der Waals surface area contributed by atoms with Crippen molar-refractivity contribution < 1.29 is 4.74 Å². The Morgan fingerprint density at radius 2 is 1.72 bits per heavy atom. The van der Waals surface area contributed by atoms with E-state index in [1.54, 1.807) is 19.2 Å². The molecule has 29 heavy (non-hydrogen) atoms. The van der Waals surface area contributed by atoms with Gasteiger partial charge in [-0.3, -0.25) is 4.79 Å². The second-order valence-electron chi connectivity index (χ2n) is 7.22. The zero-order valence-corrected chi connectivity index (χ0v) is 17.3.